The smallest absolute Gasteiger partial charge is 0.416 e. The second kappa shape index (κ2) is 14.5. The molecule has 2 aromatic carbocycles. The third kappa shape index (κ3) is 10.9. The van der Waals surface area contributed by atoms with Crippen molar-refractivity contribution in [2.45, 2.75) is 76.5 Å². The summed E-state index contributed by atoms with van der Waals surface area (Å²) in [6.07, 6.45) is -7.02. The van der Waals surface area contributed by atoms with E-state index in [1.807, 2.05) is 0 Å². The van der Waals surface area contributed by atoms with Gasteiger partial charge in [-0.05, 0) is 82.9 Å². The molecule has 0 saturated carbocycles. The molecule has 0 radical (unpaired) electrons. The molecule has 0 bridgehead atoms. The molecule has 2 aromatic rings. The number of carbonyl (C=O) groups is 3. The molecule has 0 aliphatic carbocycles. The van der Waals surface area contributed by atoms with Crippen molar-refractivity contribution >= 4 is 17.9 Å². The van der Waals surface area contributed by atoms with Gasteiger partial charge in [0.25, 0.3) is 11.8 Å². The standard InChI is InChI=1S/C18H23F3N2O3.C13H15F3N2O/c1-17(2,3)26-16(25)22-14-7-9-23(10-8-14)15(24)12-5-4-6-13(11-12)18(19,20)21;14-13(15,16)10-3-1-2-9(8-10)12(19)18-6-4-11(17)5-7-18/h4-6,11,14H,7-10H2,1-3H3,(H,22,25);1-3,8,11H,4-7,17H2. The Kier molecular flexibility index (Phi) is 11.5. The van der Waals surface area contributed by atoms with Gasteiger partial charge in [-0.1, -0.05) is 12.1 Å². The summed E-state index contributed by atoms with van der Waals surface area (Å²) in [4.78, 5) is 39.4. The fourth-order valence-corrected chi connectivity index (χ4v) is 4.83. The molecule has 0 atom stereocenters. The summed E-state index contributed by atoms with van der Waals surface area (Å²) in [5, 5.41) is 2.76. The number of halogens is 6. The molecule has 3 N–H and O–H groups in total. The highest BCUT2D eigenvalue weighted by molar-refractivity contribution is 5.95. The second-order valence-corrected chi connectivity index (χ2v) is 12.0. The molecule has 0 spiro atoms. The molecule has 8 nitrogen and oxygen atoms in total. The first-order valence-corrected chi connectivity index (χ1v) is 14.5. The topological polar surface area (TPSA) is 105 Å². The molecule has 0 unspecified atom stereocenters. The van der Waals surface area contributed by atoms with E-state index in [2.05, 4.69) is 5.32 Å². The molecule has 4 rings (SSSR count). The van der Waals surface area contributed by atoms with Crippen molar-refractivity contribution in [3.8, 4) is 0 Å². The SMILES string of the molecule is CC(C)(C)OC(=O)NC1CCN(C(=O)c2cccc(C(F)(F)F)c2)CC1.NC1CCN(C(=O)c2cccc(C(F)(F)F)c2)CC1. The molecule has 248 valence electrons. The van der Waals surface area contributed by atoms with Crippen LogP contribution >= 0.6 is 0 Å². The lowest BCUT2D eigenvalue weighted by Gasteiger charge is -2.33. The van der Waals surface area contributed by atoms with Crippen LogP contribution in [-0.4, -0.2) is 71.6 Å². The summed E-state index contributed by atoms with van der Waals surface area (Å²) in [5.74, 6) is -0.801. The van der Waals surface area contributed by atoms with Crippen molar-refractivity contribution in [2.24, 2.45) is 5.73 Å². The van der Waals surface area contributed by atoms with Crippen LogP contribution in [-0.2, 0) is 17.1 Å². The highest BCUT2D eigenvalue weighted by atomic mass is 19.4. The number of ether oxygens (including phenoxy) is 1. The van der Waals surface area contributed by atoms with Crippen LogP contribution in [0.15, 0.2) is 48.5 Å². The third-order valence-electron chi connectivity index (χ3n) is 7.20. The van der Waals surface area contributed by atoms with Crippen LogP contribution < -0.4 is 11.1 Å². The Labute approximate surface area is 257 Å². The number of nitrogens with zero attached hydrogens (tertiary/aromatic N) is 2. The number of hydrogen-bond donors (Lipinski definition) is 2. The maximum absolute atomic E-state index is 12.8. The highest BCUT2D eigenvalue weighted by Gasteiger charge is 2.33. The minimum Gasteiger partial charge on any atom is -0.444 e. The predicted molar refractivity (Wildman–Crippen MR) is 154 cm³/mol. The van der Waals surface area contributed by atoms with Crippen LogP contribution in [0.25, 0.3) is 0 Å². The van der Waals surface area contributed by atoms with Crippen LogP contribution in [0.1, 0.15) is 78.3 Å². The fraction of sp³-hybridized carbons (Fsp3) is 0.516. The van der Waals surface area contributed by atoms with Crippen molar-refractivity contribution in [3.63, 3.8) is 0 Å². The molecule has 14 heteroatoms. The van der Waals surface area contributed by atoms with E-state index >= 15 is 0 Å². The van der Waals surface area contributed by atoms with Gasteiger partial charge in [-0.3, -0.25) is 9.59 Å². The maximum Gasteiger partial charge on any atom is 0.416 e. The number of alkyl halides is 6. The number of amides is 3. The molecule has 3 amide bonds. The van der Waals surface area contributed by atoms with E-state index in [1.165, 1.54) is 29.2 Å². The van der Waals surface area contributed by atoms with Gasteiger partial charge in [0.2, 0.25) is 0 Å². The Morgan fingerprint density at radius 1 is 0.733 bits per heavy atom. The summed E-state index contributed by atoms with van der Waals surface area (Å²) < 4.78 is 81.3. The van der Waals surface area contributed by atoms with Crippen LogP contribution in [0.2, 0.25) is 0 Å². The quantitative estimate of drug-likeness (QED) is 0.393. The zero-order chi connectivity index (χ0) is 33.6. The lowest BCUT2D eigenvalue weighted by atomic mass is 10.0. The summed E-state index contributed by atoms with van der Waals surface area (Å²) in [5.41, 5.74) is 3.58. The molecule has 2 heterocycles. The van der Waals surface area contributed by atoms with E-state index in [-0.39, 0.29) is 29.1 Å². The van der Waals surface area contributed by atoms with Gasteiger partial charge in [-0.2, -0.15) is 26.3 Å². The minimum atomic E-state index is -4.49. The predicted octanol–water partition coefficient (Wildman–Crippen LogP) is 6.10. The van der Waals surface area contributed by atoms with Crippen molar-refractivity contribution in [1.29, 1.82) is 0 Å². The van der Waals surface area contributed by atoms with Gasteiger partial charge in [0.1, 0.15) is 5.60 Å². The van der Waals surface area contributed by atoms with E-state index in [4.69, 9.17) is 10.5 Å². The number of alkyl carbamates (subject to hydrolysis) is 1. The van der Waals surface area contributed by atoms with Gasteiger partial charge >= 0.3 is 18.4 Å². The number of likely N-dealkylation sites (tertiary alicyclic amines) is 2. The van der Waals surface area contributed by atoms with E-state index in [0.717, 1.165) is 24.3 Å². The molecule has 2 fully saturated rings. The first-order chi connectivity index (χ1) is 20.8. The van der Waals surface area contributed by atoms with Gasteiger partial charge in [-0.15, -0.1) is 0 Å². The van der Waals surface area contributed by atoms with Crippen molar-refractivity contribution in [3.05, 3.63) is 70.8 Å². The van der Waals surface area contributed by atoms with Crippen molar-refractivity contribution < 1.29 is 45.5 Å². The molecule has 2 saturated heterocycles. The van der Waals surface area contributed by atoms with Crippen LogP contribution in [0.3, 0.4) is 0 Å². The number of carbonyl (C=O) groups excluding carboxylic acids is 3. The Morgan fingerprint density at radius 2 is 1.13 bits per heavy atom. The summed E-state index contributed by atoms with van der Waals surface area (Å²) in [7, 11) is 0. The number of benzene rings is 2. The number of nitrogens with one attached hydrogen (secondary N) is 1. The zero-order valence-electron chi connectivity index (χ0n) is 25.3. The fourth-order valence-electron chi connectivity index (χ4n) is 4.83. The third-order valence-corrected chi connectivity index (χ3v) is 7.20. The zero-order valence-corrected chi connectivity index (χ0v) is 25.3. The van der Waals surface area contributed by atoms with Gasteiger partial charge in [-0.25, -0.2) is 4.79 Å². The minimum absolute atomic E-state index is 0.0124. The lowest BCUT2D eigenvalue weighted by Crippen LogP contribution is -2.47. The van der Waals surface area contributed by atoms with E-state index in [1.54, 1.807) is 25.7 Å². The molecule has 2 aliphatic heterocycles. The number of nitrogens with two attached hydrogens (primary N) is 1. The van der Waals surface area contributed by atoms with E-state index < -0.39 is 41.1 Å². The first-order valence-electron chi connectivity index (χ1n) is 14.5. The Morgan fingerprint density at radius 3 is 1.51 bits per heavy atom. The lowest BCUT2D eigenvalue weighted by molar-refractivity contribution is -0.138. The van der Waals surface area contributed by atoms with Crippen molar-refractivity contribution in [1.82, 2.24) is 15.1 Å². The van der Waals surface area contributed by atoms with Gasteiger partial charge in [0, 0.05) is 49.4 Å². The van der Waals surface area contributed by atoms with Gasteiger partial charge in [0.15, 0.2) is 0 Å². The van der Waals surface area contributed by atoms with Crippen LogP contribution in [0, 0.1) is 0 Å². The summed E-state index contributed by atoms with van der Waals surface area (Å²) in [6.45, 7) is 7.01. The summed E-state index contributed by atoms with van der Waals surface area (Å²) >= 11 is 0. The van der Waals surface area contributed by atoms with Gasteiger partial charge < -0.3 is 25.6 Å². The number of rotatable bonds is 3. The number of hydrogen-bond acceptors (Lipinski definition) is 5. The van der Waals surface area contributed by atoms with Gasteiger partial charge in [0.05, 0.1) is 11.1 Å². The second-order valence-electron chi connectivity index (χ2n) is 12.0. The molecular formula is C31H38F6N4O4. The summed E-state index contributed by atoms with van der Waals surface area (Å²) in [6, 6.07) is 8.88. The van der Waals surface area contributed by atoms with E-state index in [9.17, 15) is 40.7 Å². The monoisotopic (exact) mass is 644 g/mol. The molecule has 0 aromatic heterocycles. The Balaban J connectivity index is 0.000000257. The molecular weight excluding hydrogens is 606 g/mol. The largest absolute Gasteiger partial charge is 0.444 e. The Bertz CT molecular complexity index is 1330. The average molecular weight is 645 g/mol. The first kappa shape index (κ1) is 35.7. The van der Waals surface area contributed by atoms with E-state index in [0.29, 0.717) is 51.9 Å². The molecule has 2 aliphatic rings. The highest BCUT2D eigenvalue weighted by Crippen LogP contribution is 2.31. The molecule has 45 heavy (non-hydrogen) atoms. The van der Waals surface area contributed by atoms with Crippen molar-refractivity contribution in [2.75, 3.05) is 26.2 Å². The Hall–Kier alpha value is -3.81. The average Bonchev–Trinajstić information content (AvgIpc) is 2.96. The van der Waals surface area contributed by atoms with Crippen LogP contribution in [0.5, 0.6) is 0 Å². The normalized spacial score (nSPS) is 16.8. The maximum atomic E-state index is 12.8. The van der Waals surface area contributed by atoms with Crippen LogP contribution in [0.4, 0.5) is 31.1 Å². The number of piperidine rings is 2.